The molecule has 1 atom stereocenters. The van der Waals surface area contributed by atoms with Gasteiger partial charge in [0.15, 0.2) is 0 Å². The van der Waals surface area contributed by atoms with E-state index in [1.165, 1.54) is 0 Å². The fourth-order valence-electron chi connectivity index (χ4n) is 1.60. The number of carbonyl (C=O) groups is 1. The molecule has 2 rings (SSSR count). The van der Waals surface area contributed by atoms with Gasteiger partial charge in [0, 0.05) is 0 Å². The number of nitrogens with zero attached hydrogens (tertiary/aromatic N) is 1. The highest BCUT2D eigenvalue weighted by Crippen LogP contribution is 2.12. The van der Waals surface area contributed by atoms with Gasteiger partial charge in [-0.1, -0.05) is 6.07 Å². The van der Waals surface area contributed by atoms with Gasteiger partial charge in [-0.2, -0.15) is 0 Å². The Hall–Kier alpha value is -0.650. The van der Waals surface area contributed by atoms with Crippen LogP contribution in [0, 0.1) is 0 Å². The number of aromatic nitrogens is 1. The normalized spacial score (nSPS) is 18.9. The second-order valence-electron chi connectivity index (χ2n) is 3.48. The Balaban J connectivity index is 0.00000128. The molecule has 0 spiro atoms. The van der Waals surface area contributed by atoms with E-state index in [4.69, 9.17) is 0 Å². The molecule has 2 heterocycles. The Kier molecular flexibility index (Phi) is 5.18. The number of hydrogen-bond acceptors (Lipinski definition) is 3. The van der Waals surface area contributed by atoms with Crippen LogP contribution in [-0.4, -0.2) is 23.5 Å². The van der Waals surface area contributed by atoms with Crippen molar-refractivity contribution in [3.8, 4) is 0 Å². The van der Waals surface area contributed by atoms with Crippen molar-refractivity contribution in [1.29, 1.82) is 0 Å². The average Bonchev–Trinajstić information content (AvgIpc) is 2.70. The van der Waals surface area contributed by atoms with Crippen molar-refractivity contribution in [2.75, 3.05) is 11.9 Å². The standard InChI is InChI=1S/C10H12BrN3O.ClH/c11-8-4-1-5-9(13-8)14-10(15)7-3-2-6-12-7;/h1,4-5,7,12H,2-3,6H2,(H,13,14,15);1H/t7-;/m0./s1. The zero-order valence-corrected chi connectivity index (χ0v) is 11.0. The molecular formula is C10H13BrClN3O. The van der Waals surface area contributed by atoms with E-state index in [2.05, 4.69) is 31.5 Å². The molecule has 0 unspecified atom stereocenters. The van der Waals surface area contributed by atoms with Crippen molar-refractivity contribution in [1.82, 2.24) is 10.3 Å². The van der Waals surface area contributed by atoms with E-state index in [1.807, 2.05) is 12.1 Å². The largest absolute Gasteiger partial charge is 0.309 e. The first-order valence-electron chi connectivity index (χ1n) is 4.92. The van der Waals surface area contributed by atoms with Crippen molar-refractivity contribution in [2.45, 2.75) is 18.9 Å². The number of hydrogen-bond donors (Lipinski definition) is 2. The van der Waals surface area contributed by atoms with Gasteiger partial charge in [-0.3, -0.25) is 4.79 Å². The first kappa shape index (κ1) is 13.4. The molecule has 1 fully saturated rings. The molecule has 1 amide bonds. The third-order valence-corrected chi connectivity index (χ3v) is 2.78. The molecular weight excluding hydrogens is 293 g/mol. The highest BCUT2D eigenvalue weighted by molar-refractivity contribution is 9.10. The summed E-state index contributed by atoms with van der Waals surface area (Å²) in [7, 11) is 0. The van der Waals surface area contributed by atoms with Gasteiger partial charge >= 0.3 is 0 Å². The van der Waals surface area contributed by atoms with Crippen LogP contribution in [0.1, 0.15) is 12.8 Å². The van der Waals surface area contributed by atoms with Crippen molar-refractivity contribution >= 4 is 40.1 Å². The number of pyridine rings is 1. The Labute approximate surface area is 109 Å². The van der Waals surface area contributed by atoms with Crippen LogP contribution in [0.4, 0.5) is 5.82 Å². The lowest BCUT2D eigenvalue weighted by Crippen LogP contribution is -2.35. The van der Waals surface area contributed by atoms with Crippen LogP contribution in [-0.2, 0) is 4.79 Å². The fraction of sp³-hybridized carbons (Fsp3) is 0.400. The molecule has 4 nitrogen and oxygen atoms in total. The minimum Gasteiger partial charge on any atom is -0.309 e. The van der Waals surface area contributed by atoms with Gasteiger partial charge in [0.25, 0.3) is 0 Å². The van der Waals surface area contributed by atoms with Crippen LogP contribution >= 0.6 is 28.3 Å². The summed E-state index contributed by atoms with van der Waals surface area (Å²) in [6, 6.07) is 5.38. The van der Waals surface area contributed by atoms with Crippen molar-refractivity contribution in [3.05, 3.63) is 22.8 Å². The zero-order chi connectivity index (χ0) is 10.7. The molecule has 1 aromatic rings. The van der Waals surface area contributed by atoms with Crippen LogP contribution in [0.25, 0.3) is 0 Å². The average molecular weight is 307 g/mol. The smallest absolute Gasteiger partial charge is 0.242 e. The van der Waals surface area contributed by atoms with Gasteiger partial charge < -0.3 is 10.6 Å². The molecule has 0 radical (unpaired) electrons. The van der Waals surface area contributed by atoms with Gasteiger partial charge in [-0.25, -0.2) is 4.98 Å². The SMILES string of the molecule is Cl.O=C(Nc1cccc(Br)n1)[C@@H]1CCCN1. The van der Waals surface area contributed by atoms with E-state index in [1.54, 1.807) is 6.07 Å². The van der Waals surface area contributed by atoms with E-state index < -0.39 is 0 Å². The highest BCUT2D eigenvalue weighted by Gasteiger charge is 2.21. The minimum atomic E-state index is -0.0641. The number of carbonyl (C=O) groups excluding carboxylic acids is 1. The Morgan fingerprint density at radius 3 is 3.00 bits per heavy atom. The summed E-state index contributed by atoms with van der Waals surface area (Å²) in [6.45, 7) is 0.921. The maximum absolute atomic E-state index is 11.7. The molecule has 88 valence electrons. The number of halogens is 2. The Morgan fingerprint density at radius 1 is 1.56 bits per heavy atom. The van der Waals surface area contributed by atoms with Gasteiger partial charge in [0.1, 0.15) is 10.4 Å². The number of rotatable bonds is 2. The highest BCUT2D eigenvalue weighted by atomic mass is 79.9. The van der Waals surface area contributed by atoms with E-state index in [0.29, 0.717) is 5.82 Å². The summed E-state index contributed by atoms with van der Waals surface area (Å²) < 4.78 is 0.722. The molecule has 1 aliphatic rings. The summed E-state index contributed by atoms with van der Waals surface area (Å²) in [5, 5.41) is 5.92. The van der Waals surface area contributed by atoms with Crippen LogP contribution in [0.3, 0.4) is 0 Å². The van der Waals surface area contributed by atoms with Crippen LogP contribution < -0.4 is 10.6 Å². The van der Waals surface area contributed by atoms with Crippen LogP contribution in [0.2, 0.25) is 0 Å². The summed E-state index contributed by atoms with van der Waals surface area (Å²) in [5.74, 6) is 0.584. The summed E-state index contributed by atoms with van der Waals surface area (Å²) in [4.78, 5) is 15.8. The molecule has 16 heavy (non-hydrogen) atoms. The molecule has 1 saturated heterocycles. The van der Waals surface area contributed by atoms with Gasteiger partial charge in [0.05, 0.1) is 6.04 Å². The molecule has 0 aliphatic carbocycles. The third kappa shape index (κ3) is 3.43. The Bertz CT molecular complexity index is 369. The lowest BCUT2D eigenvalue weighted by molar-refractivity contribution is -0.117. The monoisotopic (exact) mass is 305 g/mol. The molecule has 0 bridgehead atoms. The second kappa shape index (κ2) is 6.18. The predicted octanol–water partition coefficient (Wildman–Crippen LogP) is 1.96. The lowest BCUT2D eigenvalue weighted by atomic mass is 10.2. The zero-order valence-electron chi connectivity index (χ0n) is 8.57. The summed E-state index contributed by atoms with van der Waals surface area (Å²) >= 11 is 3.26. The third-order valence-electron chi connectivity index (χ3n) is 2.34. The van der Waals surface area contributed by atoms with E-state index in [9.17, 15) is 4.79 Å². The summed E-state index contributed by atoms with van der Waals surface area (Å²) in [6.07, 6.45) is 1.96. The fourth-order valence-corrected chi connectivity index (χ4v) is 1.94. The van der Waals surface area contributed by atoms with Gasteiger partial charge in [0.2, 0.25) is 5.91 Å². The van der Waals surface area contributed by atoms with Gasteiger partial charge in [-0.05, 0) is 47.4 Å². The van der Waals surface area contributed by atoms with Gasteiger partial charge in [-0.15, -0.1) is 12.4 Å². The maximum Gasteiger partial charge on any atom is 0.242 e. The molecule has 1 aromatic heterocycles. The minimum absolute atomic E-state index is 0. The topological polar surface area (TPSA) is 54.0 Å². The lowest BCUT2D eigenvalue weighted by Gasteiger charge is -2.10. The molecule has 6 heteroatoms. The quantitative estimate of drug-likeness (QED) is 0.821. The maximum atomic E-state index is 11.7. The summed E-state index contributed by atoms with van der Waals surface area (Å²) in [5.41, 5.74) is 0. The predicted molar refractivity (Wildman–Crippen MR) is 68.8 cm³/mol. The molecule has 1 aliphatic heterocycles. The Morgan fingerprint density at radius 2 is 2.38 bits per heavy atom. The van der Waals surface area contributed by atoms with Crippen molar-refractivity contribution in [2.24, 2.45) is 0 Å². The number of amides is 1. The van der Waals surface area contributed by atoms with E-state index >= 15 is 0 Å². The van der Waals surface area contributed by atoms with Crippen LogP contribution in [0.5, 0.6) is 0 Å². The van der Waals surface area contributed by atoms with Crippen molar-refractivity contribution in [3.63, 3.8) is 0 Å². The van der Waals surface area contributed by atoms with E-state index in [0.717, 1.165) is 24.0 Å². The molecule has 0 aromatic carbocycles. The number of anilines is 1. The van der Waals surface area contributed by atoms with Crippen LogP contribution in [0.15, 0.2) is 22.8 Å². The number of nitrogens with one attached hydrogen (secondary N) is 2. The van der Waals surface area contributed by atoms with Crippen molar-refractivity contribution < 1.29 is 4.79 Å². The second-order valence-corrected chi connectivity index (χ2v) is 4.30. The molecule has 2 N–H and O–H groups in total. The first-order valence-corrected chi connectivity index (χ1v) is 5.72. The molecule has 0 saturated carbocycles. The van der Waals surface area contributed by atoms with E-state index in [-0.39, 0.29) is 24.4 Å². The first-order chi connectivity index (χ1) is 7.25.